The molecule has 1 aromatic carbocycles. The van der Waals surface area contributed by atoms with Crippen molar-refractivity contribution in [3.8, 4) is 0 Å². The Bertz CT molecular complexity index is 657. The molecule has 118 valence electrons. The molecule has 0 radical (unpaired) electrons. The number of anilines is 1. The molecule has 0 aliphatic heterocycles. The number of nitrogens with zero attached hydrogens (tertiary/aromatic N) is 2. The first-order chi connectivity index (χ1) is 10.4. The molecular weight excluding hydrogens is 381 g/mol. The van der Waals surface area contributed by atoms with Crippen molar-refractivity contribution in [3.63, 3.8) is 0 Å². The molecule has 0 atom stereocenters. The number of alkyl halides is 3. The molecule has 2 aromatic rings. The molecule has 1 heterocycles. The highest BCUT2D eigenvalue weighted by atomic mass is 79.9. The second kappa shape index (κ2) is 7.10. The molecule has 0 fully saturated rings. The van der Waals surface area contributed by atoms with E-state index in [9.17, 15) is 13.2 Å². The third kappa shape index (κ3) is 4.70. The summed E-state index contributed by atoms with van der Waals surface area (Å²) < 4.78 is 41.1. The van der Waals surface area contributed by atoms with E-state index >= 15 is 0 Å². The van der Waals surface area contributed by atoms with Gasteiger partial charge in [0.2, 0.25) is 0 Å². The Morgan fingerprint density at radius 2 is 2.05 bits per heavy atom. The van der Waals surface area contributed by atoms with Crippen LogP contribution in [0.15, 0.2) is 41.1 Å². The van der Waals surface area contributed by atoms with Crippen molar-refractivity contribution in [2.24, 2.45) is 0 Å². The fourth-order valence-corrected chi connectivity index (χ4v) is 2.29. The van der Waals surface area contributed by atoms with Gasteiger partial charge in [0.05, 0.1) is 28.5 Å². The van der Waals surface area contributed by atoms with Crippen LogP contribution in [0.1, 0.15) is 5.56 Å². The first-order valence-corrected chi connectivity index (χ1v) is 7.45. The van der Waals surface area contributed by atoms with Crippen LogP contribution in [0.2, 0.25) is 0 Å². The van der Waals surface area contributed by atoms with Gasteiger partial charge in [-0.2, -0.15) is 18.3 Å². The van der Waals surface area contributed by atoms with Crippen molar-refractivity contribution in [1.29, 1.82) is 0 Å². The molecular formula is C13H12BrF3N4S. The summed E-state index contributed by atoms with van der Waals surface area (Å²) in [7, 11) is 0. The van der Waals surface area contributed by atoms with Crippen molar-refractivity contribution in [3.05, 3.63) is 46.7 Å². The lowest BCUT2D eigenvalue weighted by Gasteiger charge is -2.15. The van der Waals surface area contributed by atoms with Gasteiger partial charge in [0.15, 0.2) is 5.11 Å². The van der Waals surface area contributed by atoms with Crippen molar-refractivity contribution < 1.29 is 13.2 Å². The monoisotopic (exact) mass is 392 g/mol. The number of aromatic nitrogens is 2. The van der Waals surface area contributed by atoms with E-state index in [1.54, 1.807) is 17.1 Å². The van der Waals surface area contributed by atoms with Crippen LogP contribution < -0.4 is 10.6 Å². The van der Waals surface area contributed by atoms with Crippen LogP contribution in [0, 0.1) is 0 Å². The van der Waals surface area contributed by atoms with Crippen LogP contribution in [0.3, 0.4) is 0 Å². The molecule has 2 N–H and O–H groups in total. The quantitative estimate of drug-likeness (QED) is 0.779. The van der Waals surface area contributed by atoms with Crippen LogP contribution in [0.5, 0.6) is 0 Å². The Morgan fingerprint density at radius 1 is 1.32 bits per heavy atom. The van der Waals surface area contributed by atoms with Crippen LogP contribution in [0.25, 0.3) is 0 Å². The van der Waals surface area contributed by atoms with Gasteiger partial charge < -0.3 is 10.6 Å². The molecule has 0 saturated carbocycles. The molecule has 2 rings (SSSR count). The molecule has 4 nitrogen and oxygen atoms in total. The maximum atomic E-state index is 12.9. The highest BCUT2D eigenvalue weighted by Crippen LogP contribution is 2.34. The van der Waals surface area contributed by atoms with Crippen LogP contribution in [0.4, 0.5) is 18.9 Å². The van der Waals surface area contributed by atoms with Crippen molar-refractivity contribution in [1.82, 2.24) is 15.1 Å². The second-order valence-corrected chi connectivity index (χ2v) is 5.67. The van der Waals surface area contributed by atoms with Crippen molar-refractivity contribution in [2.75, 3.05) is 11.9 Å². The number of para-hydroxylation sites is 1. The van der Waals surface area contributed by atoms with Crippen LogP contribution in [-0.4, -0.2) is 21.4 Å². The van der Waals surface area contributed by atoms with Gasteiger partial charge in [-0.3, -0.25) is 4.68 Å². The maximum absolute atomic E-state index is 12.9. The first-order valence-electron chi connectivity index (χ1n) is 6.25. The molecule has 1 aromatic heterocycles. The summed E-state index contributed by atoms with van der Waals surface area (Å²) in [6.07, 6.45) is -0.992. The maximum Gasteiger partial charge on any atom is 0.418 e. The summed E-state index contributed by atoms with van der Waals surface area (Å²) in [5, 5.41) is 9.60. The van der Waals surface area contributed by atoms with Gasteiger partial charge in [-0.15, -0.1) is 0 Å². The standard InChI is InChI=1S/C13H12BrF3N4S/c14-9-7-19-21(8-9)6-5-18-12(22)20-11-4-2-1-3-10(11)13(15,16)17/h1-4,7-8H,5-6H2,(H2,18,20,22). The molecule has 0 amide bonds. The van der Waals surface area contributed by atoms with Crippen LogP contribution in [-0.2, 0) is 12.7 Å². The van der Waals surface area contributed by atoms with E-state index in [-0.39, 0.29) is 10.8 Å². The topological polar surface area (TPSA) is 41.9 Å². The summed E-state index contributed by atoms with van der Waals surface area (Å²) in [4.78, 5) is 0. The summed E-state index contributed by atoms with van der Waals surface area (Å²) in [5.41, 5.74) is -0.829. The van der Waals surface area contributed by atoms with Gasteiger partial charge in [0.1, 0.15) is 0 Å². The number of halogens is 4. The zero-order chi connectivity index (χ0) is 16.2. The minimum atomic E-state index is -4.43. The van der Waals surface area contributed by atoms with Crippen molar-refractivity contribution >= 4 is 38.9 Å². The number of rotatable bonds is 4. The molecule has 0 bridgehead atoms. The smallest absolute Gasteiger partial charge is 0.361 e. The van der Waals surface area contributed by atoms with Gasteiger partial charge in [0.25, 0.3) is 0 Å². The third-order valence-corrected chi connectivity index (χ3v) is 3.36. The summed E-state index contributed by atoms with van der Waals surface area (Å²) in [6.45, 7) is 0.975. The largest absolute Gasteiger partial charge is 0.418 e. The van der Waals surface area contributed by atoms with Gasteiger partial charge >= 0.3 is 6.18 Å². The minimum Gasteiger partial charge on any atom is -0.361 e. The summed E-state index contributed by atoms with van der Waals surface area (Å²) in [6, 6.07) is 5.19. The average molecular weight is 393 g/mol. The van der Waals surface area contributed by atoms with E-state index in [1.807, 2.05) is 0 Å². The van der Waals surface area contributed by atoms with E-state index in [0.29, 0.717) is 13.1 Å². The lowest BCUT2D eigenvalue weighted by Crippen LogP contribution is -2.32. The average Bonchev–Trinajstić information content (AvgIpc) is 2.84. The Kier molecular flexibility index (Phi) is 5.41. The minimum absolute atomic E-state index is 0.0747. The SMILES string of the molecule is FC(F)(F)c1ccccc1NC(=S)NCCn1cc(Br)cn1. The molecule has 0 aliphatic rings. The van der Waals surface area contributed by atoms with Gasteiger partial charge in [0, 0.05) is 12.7 Å². The number of hydrogen-bond acceptors (Lipinski definition) is 2. The molecule has 0 saturated heterocycles. The van der Waals surface area contributed by atoms with Crippen LogP contribution >= 0.6 is 28.1 Å². The van der Waals surface area contributed by atoms with Crippen molar-refractivity contribution in [2.45, 2.75) is 12.7 Å². The number of benzene rings is 1. The fourth-order valence-electron chi connectivity index (χ4n) is 1.75. The number of hydrogen-bond donors (Lipinski definition) is 2. The molecule has 0 spiro atoms. The lowest BCUT2D eigenvalue weighted by atomic mass is 10.2. The zero-order valence-electron chi connectivity index (χ0n) is 11.2. The highest BCUT2D eigenvalue weighted by molar-refractivity contribution is 9.10. The number of thiocarbonyl (C=S) groups is 1. The van der Waals surface area contributed by atoms with E-state index in [4.69, 9.17) is 12.2 Å². The fraction of sp³-hybridized carbons (Fsp3) is 0.231. The lowest BCUT2D eigenvalue weighted by molar-refractivity contribution is -0.136. The molecule has 22 heavy (non-hydrogen) atoms. The molecule has 0 unspecified atom stereocenters. The highest BCUT2D eigenvalue weighted by Gasteiger charge is 2.33. The van der Waals surface area contributed by atoms with E-state index in [2.05, 4.69) is 31.7 Å². The van der Waals surface area contributed by atoms with Gasteiger partial charge in [-0.25, -0.2) is 0 Å². The normalized spacial score (nSPS) is 11.3. The van der Waals surface area contributed by atoms with E-state index in [1.165, 1.54) is 18.2 Å². The number of nitrogens with one attached hydrogen (secondary N) is 2. The van der Waals surface area contributed by atoms with E-state index in [0.717, 1.165) is 10.5 Å². The van der Waals surface area contributed by atoms with E-state index < -0.39 is 11.7 Å². The Labute approximate surface area is 138 Å². The Balaban J connectivity index is 1.90. The predicted molar refractivity (Wildman–Crippen MR) is 85.6 cm³/mol. The summed E-state index contributed by atoms with van der Waals surface area (Å²) >= 11 is 8.29. The summed E-state index contributed by atoms with van der Waals surface area (Å²) in [5.74, 6) is 0. The molecule has 0 aliphatic carbocycles. The van der Waals surface area contributed by atoms with Gasteiger partial charge in [-0.05, 0) is 40.3 Å². The Hall–Kier alpha value is -1.61. The first kappa shape index (κ1) is 16.8. The predicted octanol–water partition coefficient (Wildman–Crippen LogP) is 3.65. The zero-order valence-corrected chi connectivity index (χ0v) is 13.6. The molecule has 9 heteroatoms. The third-order valence-electron chi connectivity index (χ3n) is 2.71. The Morgan fingerprint density at radius 3 is 2.68 bits per heavy atom. The van der Waals surface area contributed by atoms with Gasteiger partial charge in [-0.1, -0.05) is 12.1 Å². The second-order valence-electron chi connectivity index (χ2n) is 4.35.